The molecule has 0 aliphatic carbocycles. The van der Waals surface area contributed by atoms with Crippen molar-refractivity contribution in [1.82, 2.24) is 10.3 Å². The van der Waals surface area contributed by atoms with Crippen LogP contribution in [-0.2, 0) is 4.74 Å². The van der Waals surface area contributed by atoms with Gasteiger partial charge in [0, 0.05) is 5.56 Å². The molecule has 31 heavy (non-hydrogen) atoms. The fourth-order valence-corrected chi connectivity index (χ4v) is 3.98. The predicted molar refractivity (Wildman–Crippen MR) is 129 cm³/mol. The number of carbonyl (C=O) groups is 2. The van der Waals surface area contributed by atoms with Crippen LogP contribution in [0.4, 0.5) is 5.13 Å². The predicted octanol–water partition coefficient (Wildman–Crippen LogP) is 5.50. The average Bonchev–Trinajstić information content (AvgIpc) is 3.14. The number of nitrogens with one attached hydrogen (secondary N) is 2. The number of hydrogen-bond donors (Lipinski definition) is 2. The van der Waals surface area contributed by atoms with E-state index in [0.717, 1.165) is 23.1 Å². The summed E-state index contributed by atoms with van der Waals surface area (Å²) in [6, 6.07) is 12.7. The van der Waals surface area contributed by atoms with Crippen LogP contribution in [0.15, 0.2) is 42.5 Å². The zero-order valence-electron chi connectivity index (χ0n) is 17.7. The van der Waals surface area contributed by atoms with Crippen LogP contribution >= 0.6 is 23.6 Å². The number of hydrogen-bond acceptors (Lipinski definition) is 6. The van der Waals surface area contributed by atoms with E-state index in [1.807, 2.05) is 19.1 Å². The van der Waals surface area contributed by atoms with E-state index in [9.17, 15) is 9.59 Å². The van der Waals surface area contributed by atoms with Gasteiger partial charge in [-0.2, -0.15) is 0 Å². The normalized spacial score (nSPS) is 10.8. The Morgan fingerprint density at radius 2 is 1.84 bits per heavy atom. The standard InChI is InChI=1S/C23H25N3O3S2/c1-4-5-12-29-21(28)17-10-11-18-19(13-17)31-23(24-18)26-22(30)25-20(27)16-8-6-15(7-9-16)14(2)3/h6-11,13-14H,4-5,12H2,1-3H3,(H2,24,25,26,27,30). The van der Waals surface area contributed by atoms with Gasteiger partial charge in [-0.3, -0.25) is 10.1 Å². The molecule has 8 heteroatoms. The van der Waals surface area contributed by atoms with Crippen LogP contribution in [-0.4, -0.2) is 28.6 Å². The third kappa shape index (κ3) is 6.08. The Morgan fingerprint density at radius 1 is 1.13 bits per heavy atom. The molecule has 0 aliphatic heterocycles. The lowest BCUT2D eigenvalue weighted by Crippen LogP contribution is -2.34. The number of rotatable bonds is 7. The number of ether oxygens (including phenoxy) is 1. The van der Waals surface area contributed by atoms with Crippen molar-refractivity contribution in [2.75, 3.05) is 11.9 Å². The van der Waals surface area contributed by atoms with Crippen LogP contribution in [0.1, 0.15) is 65.8 Å². The molecule has 2 N–H and O–H groups in total. The number of anilines is 1. The highest BCUT2D eigenvalue weighted by Gasteiger charge is 2.13. The molecule has 0 saturated heterocycles. The zero-order valence-corrected chi connectivity index (χ0v) is 19.4. The SMILES string of the molecule is CCCCOC(=O)c1ccc2nc(NC(=S)NC(=O)c3ccc(C(C)C)cc3)sc2c1. The first-order valence-electron chi connectivity index (χ1n) is 10.2. The average molecular weight is 456 g/mol. The number of carbonyl (C=O) groups excluding carboxylic acids is 2. The van der Waals surface area contributed by atoms with Crippen LogP contribution in [0.3, 0.4) is 0 Å². The van der Waals surface area contributed by atoms with Gasteiger partial charge in [-0.25, -0.2) is 9.78 Å². The Bertz CT molecular complexity index is 1090. The molecule has 0 aliphatic rings. The van der Waals surface area contributed by atoms with Crippen molar-refractivity contribution >= 4 is 55.9 Å². The highest BCUT2D eigenvalue weighted by atomic mass is 32.1. The van der Waals surface area contributed by atoms with Crippen molar-refractivity contribution in [2.24, 2.45) is 0 Å². The van der Waals surface area contributed by atoms with Crippen molar-refractivity contribution in [1.29, 1.82) is 0 Å². The van der Waals surface area contributed by atoms with Gasteiger partial charge in [0.15, 0.2) is 10.2 Å². The van der Waals surface area contributed by atoms with E-state index >= 15 is 0 Å². The second-order valence-electron chi connectivity index (χ2n) is 7.38. The summed E-state index contributed by atoms with van der Waals surface area (Å²) in [6.45, 7) is 6.66. The molecule has 0 unspecified atom stereocenters. The van der Waals surface area contributed by atoms with E-state index in [1.54, 1.807) is 30.3 Å². The smallest absolute Gasteiger partial charge is 0.338 e. The summed E-state index contributed by atoms with van der Waals surface area (Å²) in [5, 5.41) is 6.31. The maximum absolute atomic E-state index is 12.4. The summed E-state index contributed by atoms with van der Waals surface area (Å²) < 4.78 is 6.08. The topological polar surface area (TPSA) is 80.3 Å². The van der Waals surface area contributed by atoms with Crippen LogP contribution in [0, 0.1) is 0 Å². The van der Waals surface area contributed by atoms with Gasteiger partial charge < -0.3 is 10.1 Å². The fraction of sp³-hybridized carbons (Fsp3) is 0.304. The molecule has 0 spiro atoms. The summed E-state index contributed by atoms with van der Waals surface area (Å²) in [5.41, 5.74) is 2.92. The van der Waals surface area contributed by atoms with E-state index in [0.29, 0.717) is 28.8 Å². The van der Waals surface area contributed by atoms with Gasteiger partial charge in [0.1, 0.15) is 0 Å². The number of esters is 1. The summed E-state index contributed by atoms with van der Waals surface area (Å²) in [7, 11) is 0. The van der Waals surface area contributed by atoms with Crippen molar-refractivity contribution in [3.63, 3.8) is 0 Å². The second-order valence-corrected chi connectivity index (χ2v) is 8.81. The number of benzene rings is 2. The summed E-state index contributed by atoms with van der Waals surface area (Å²) >= 11 is 6.61. The minimum atomic E-state index is -0.343. The lowest BCUT2D eigenvalue weighted by Gasteiger charge is -2.09. The number of unbranched alkanes of at least 4 members (excludes halogenated alkanes) is 1. The molecular weight excluding hydrogens is 430 g/mol. The Labute approximate surface area is 191 Å². The van der Waals surface area contributed by atoms with Gasteiger partial charge >= 0.3 is 5.97 Å². The lowest BCUT2D eigenvalue weighted by atomic mass is 10.0. The quantitative estimate of drug-likeness (QED) is 0.278. The van der Waals surface area contributed by atoms with Crippen molar-refractivity contribution < 1.29 is 14.3 Å². The van der Waals surface area contributed by atoms with Crippen LogP contribution in [0.25, 0.3) is 10.2 Å². The minimum absolute atomic E-state index is 0.163. The van der Waals surface area contributed by atoms with Crippen molar-refractivity contribution in [3.8, 4) is 0 Å². The molecule has 0 atom stereocenters. The third-order valence-corrected chi connectivity index (χ3v) is 5.78. The highest BCUT2D eigenvalue weighted by molar-refractivity contribution is 7.80. The zero-order chi connectivity index (χ0) is 22.4. The summed E-state index contributed by atoms with van der Waals surface area (Å²) in [4.78, 5) is 29.0. The molecule has 0 fully saturated rings. The molecule has 162 valence electrons. The number of amides is 1. The number of nitrogens with zero attached hydrogens (tertiary/aromatic N) is 1. The van der Waals surface area contributed by atoms with Gasteiger partial charge in [0.25, 0.3) is 5.91 Å². The van der Waals surface area contributed by atoms with Gasteiger partial charge in [-0.15, -0.1) is 0 Å². The maximum Gasteiger partial charge on any atom is 0.338 e. The third-order valence-electron chi connectivity index (χ3n) is 4.64. The van der Waals surface area contributed by atoms with Gasteiger partial charge in [0.2, 0.25) is 0 Å². The Morgan fingerprint density at radius 3 is 2.52 bits per heavy atom. The Balaban J connectivity index is 1.62. The summed E-state index contributed by atoms with van der Waals surface area (Å²) in [6.07, 6.45) is 1.81. The van der Waals surface area contributed by atoms with Gasteiger partial charge in [-0.05, 0) is 60.5 Å². The first kappa shape index (κ1) is 22.8. The molecule has 0 bridgehead atoms. The van der Waals surface area contributed by atoms with Gasteiger partial charge in [-0.1, -0.05) is 50.7 Å². The van der Waals surface area contributed by atoms with E-state index in [-0.39, 0.29) is 17.0 Å². The molecule has 6 nitrogen and oxygen atoms in total. The molecule has 3 aromatic rings. The number of fused-ring (bicyclic) bond motifs is 1. The van der Waals surface area contributed by atoms with Gasteiger partial charge in [0.05, 0.1) is 22.4 Å². The first-order valence-corrected chi connectivity index (χ1v) is 11.4. The van der Waals surface area contributed by atoms with Crippen molar-refractivity contribution in [3.05, 3.63) is 59.2 Å². The van der Waals surface area contributed by atoms with E-state index < -0.39 is 0 Å². The minimum Gasteiger partial charge on any atom is -0.462 e. The van der Waals surface area contributed by atoms with E-state index in [2.05, 4.69) is 29.5 Å². The Hall–Kier alpha value is -2.84. The van der Waals surface area contributed by atoms with Crippen LogP contribution in [0.2, 0.25) is 0 Å². The monoisotopic (exact) mass is 455 g/mol. The fourth-order valence-electron chi connectivity index (χ4n) is 2.82. The maximum atomic E-state index is 12.4. The molecule has 2 aromatic carbocycles. The lowest BCUT2D eigenvalue weighted by molar-refractivity contribution is 0.0500. The van der Waals surface area contributed by atoms with E-state index in [4.69, 9.17) is 17.0 Å². The molecule has 1 amide bonds. The number of thiazole rings is 1. The highest BCUT2D eigenvalue weighted by Crippen LogP contribution is 2.27. The van der Waals surface area contributed by atoms with Crippen LogP contribution in [0.5, 0.6) is 0 Å². The second kappa shape index (κ2) is 10.5. The molecule has 0 radical (unpaired) electrons. The first-order chi connectivity index (χ1) is 14.9. The molecule has 1 heterocycles. The molecular formula is C23H25N3O3S2. The molecule has 3 rings (SSSR count). The largest absolute Gasteiger partial charge is 0.462 e. The van der Waals surface area contributed by atoms with E-state index in [1.165, 1.54) is 16.9 Å². The Kier molecular flexibility index (Phi) is 7.70. The van der Waals surface area contributed by atoms with Crippen molar-refractivity contribution in [2.45, 2.75) is 39.5 Å². The summed E-state index contributed by atoms with van der Waals surface area (Å²) in [5.74, 6) is -0.229. The number of aromatic nitrogens is 1. The molecule has 1 aromatic heterocycles. The molecule has 0 saturated carbocycles. The van der Waals surface area contributed by atoms with Crippen LogP contribution < -0.4 is 10.6 Å². The number of thiocarbonyl (C=S) groups is 1.